The second kappa shape index (κ2) is 4.77. The zero-order valence-corrected chi connectivity index (χ0v) is 11.7. The third-order valence-electron chi connectivity index (χ3n) is 3.86. The van der Waals surface area contributed by atoms with Gasteiger partial charge in [-0.3, -0.25) is 0 Å². The molecule has 1 aliphatic carbocycles. The number of rotatable bonds is 4. The molecule has 1 aromatic carbocycles. The van der Waals surface area contributed by atoms with E-state index in [1.807, 2.05) is 30.5 Å². The Labute approximate surface area is 123 Å². The van der Waals surface area contributed by atoms with E-state index in [2.05, 4.69) is 22.1 Å². The molecular formula is C16H17N5. The fourth-order valence-corrected chi connectivity index (χ4v) is 2.57. The smallest absolute Gasteiger partial charge is 0.157 e. The molecule has 3 aromatic rings. The van der Waals surface area contributed by atoms with Gasteiger partial charge in [-0.15, -0.1) is 0 Å². The van der Waals surface area contributed by atoms with Crippen LogP contribution in [-0.2, 0) is 6.54 Å². The van der Waals surface area contributed by atoms with E-state index in [-0.39, 0.29) is 0 Å². The van der Waals surface area contributed by atoms with Gasteiger partial charge >= 0.3 is 0 Å². The number of benzene rings is 1. The topological polar surface area (TPSA) is 59.5 Å². The minimum absolute atomic E-state index is 0.598. The van der Waals surface area contributed by atoms with Crippen LogP contribution in [0.4, 0.5) is 11.5 Å². The van der Waals surface area contributed by atoms with Gasteiger partial charge in [-0.1, -0.05) is 12.1 Å². The van der Waals surface area contributed by atoms with Gasteiger partial charge in [0.1, 0.15) is 5.82 Å². The lowest BCUT2D eigenvalue weighted by atomic mass is 10.2. The van der Waals surface area contributed by atoms with Crippen molar-refractivity contribution in [1.82, 2.24) is 14.6 Å². The van der Waals surface area contributed by atoms with Crippen molar-refractivity contribution < 1.29 is 0 Å². The van der Waals surface area contributed by atoms with Crippen molar-refractivity contribution in [2.45, 2.75) is 25.4 Å². The number of hydrogen-bond donors (Lipinski definition) is 1. The highest BCUT2D eigenvalue weighted by Crippen LogP contribution is 2.32. The van der Waals surface area contributed by atoms with E-state index in [4.69, 9.17) is 10.7 Å². The molecular weight excluding hydrogens is 262 g/mol. The van der Waals surface area contributed by atoms with E-state index in [1.54, 1.807) is 10.7 Å². The van der Waals surface area contributed by atoms with Crippen molar-refractivity contribution in [2.24, 2.45) is 0 Å². The van der Waals surface area contributed by atoms with Gasteiger partial charge in [0.2, 0.25) is 0 Å². The Kier molecular flexibility index (Phi) is 2.77. The first-order valence-electron chi connectivity index (χ1n) is 7.21. The Morgan fingerprint density at radius 1 is 1.14 bits per heavy atom. The molecule has 0 saturated heterocycles. The lowest BCUT2D eigenvalue weighted by molar-refractivity contribution is 0.774. The van der Waals surface area contributed by atoms with Crippen LogP contribution >= 0.6 is 0 Å². The average molecular weight is 279 g/mol. The van der Waals surface area contributed by atoms with Crippen molar-refractivity contribution in [1.29, 1.82) is 0 Å². The second-order valence-electron chi connectivity index (χ2n) is 5.52. The van der Waals surface area contributed by atoms with E-state index in [9.17, 15) is 0 Å². The molecule has 0 amide bonds. The molecule has 2 heterocycles. The Balaban J connectivity index is 1.65. The van der Waals surface area contributed by atoms with Crippen LogP contribution in [0.2, 0.25) is 0 Å². The van der Waals surface area contributed by atoms with Gasteiger partial charge in [-0.25, -0.2) is 9.50 Å². The highest BCUT2D eigenvalue weighted by atomic mass is 15.3. The first-order chi connectivity index (χ1) is 10.3. The Morgan fingerprint density at radius 3 is 2.71 bits per heavy atom. The first-order valence-corrected chi connectivity index (χ1v) is 7.21. The molecule has 2 aromatic heterocycles. The number of hydrogen-bond acceptors (Lipinski definition) is 4. The minimum Gasteiger partial charge on any atom is -0.399 e. The molecule has 4 rings (SSSR count). The van der Waals surface area contributed by atoms with Gasteiger partial charge in [0.05, 0.1) is 6.20 Å². The molecule has 1 fully saturated rings. The van der Waals surface area contributed by atoms with Gasteiger partial charge in [-0.05, 0) is 36.6 Å². The number of nitrogens with two attached hydrogens (primary N) is 1. The maximum atomic E-state index is 5.76. The minimum atomic E-state index is 0.598. The maximum Gasteiger partial charge on any atom is 0.157 e. The molecule has 0 unspecified atom stereocenters. The molecule has 5 heteroatoms. The summed E-state index contributed by atoms with van der Waals surface area (Å²) in [7, 11) is 0. The van der Waals surface area contributed by atoms with Crippen LogP contribution in [0.1, 0.15) is 18.4 Å². The van der Waals surface area contributed by atoms with E-state index >= 15 is 0 Å². The fraction of sp³-hybridized carbons (Fsp3) is 0.250. The van der Waals surface area contributed by atoms with Crippen molar-refractivity contribution in [2.75, 3.05) is 10.6 Å². The first kappa shape index (κ1) is 12.2. The summed E-state index contributed by atoms with van der Waals surface area (Å²) in [6.07, 6.45) is 6.21. The zero-order chi connectivity index (χ0) is 14.2. The summed E-state index contributed by atoms with van der Waals surface area (Å²) in [6.45, 7) is 0.863. The predicted octanol–water partition coefficient (Wildman–Crippen LogP) is 2.48. The fourth-order valence-electron chi connectivity index (χ4n) is 2.57. The van der Waals surface area contributed by atoms with Gasteiger partial charge in [0.15, 0.2) is 5.65 Å². The molecule has 0 atom stereocenters. The standard InChI is InChI=1S/C16H17N5/c17-13-3-1-12(2-4-13)11-20(14-5-6-14)15-8-10-21-16(19-15)7-9-18-21/h1-4,7-10,14H,5-6,11,17H2. The third kappa shape index (κ3) is 2.42. The second-order valence-corrected chi connectivity index (χ2v) is 5.52. The number of nitrogen functional groups attached to an aromatic ring is 1. The van der Waals surface area contributed by atoms with Gasteiger partial charge < -0.3 is 10.6 Å². The molecule has 5 nitrogen and oxygen atoms in total. The van der Waals surface area contributed by atoms with E-state index in [0.717, 1.165) is 23.7 Å². The maximum absolute atomic E-state index is 5.76. The Hall–Kier alpha value is -2.56. The lowest BCUT2D eigenvalue weighted by Crippen LogP contribution is -2.26. The van der Waals surface area contributed by atoms with Gasteiger partial charge in [-0.2, -0.15) is 5.10 Å². The van der Waals surface area contributed by atoms with Gasteiger partial charge in [0.25, 0.3) is 0 Å². The van der Waals surface area contributed by atoms with Crippen LogP contribution in [0.3, 0.4) is 0 Å². The van der Waals surface area contributed by atoms with Crippen LogP contribution in [0, 0.1) is 0 Å². The van der Waals surface area contributed by atoms with Crippen LogP contribution in [0.5, 0.6) is 0 Å². The summed E-state index contributed by atoms with van der Waals surface area (Å²) in [6, 6.07) is 12.6. The molecule has 21 heavy (non-hydrogen) atoms. The molecule has 0 radical (unpaired) electrons. The summed E-state index contributed by atoms with van der Waals surface area (Å²) < 4.78 is 1.79. The molecule has 0 bridgehead atoms. The molecule has 106 valence electrons. The van der Waals surface area contributed by atoms with E-state index in [1.165, 1.54) is 18.4 Å². The number of fused-ring (bicyclic) bond motifs is 1. The average Bonchev–Trinajstić information content (AvgIpc) is 3.23. The molecule has 1 aliphatic rings. The van der Waals surface area contributed by atoms with E-state index in [0.29, 0.717) is 6.04 Å². The summed E-state index contributed by atoms with van der Waals surface area (Å²) in [5.74, 6) is 1.02. The highest BCUT2D eigenvalue weighted by molar-refractivity contribution is 5.50. The molecule has 0 spiro atoms. The van der Waals surface area contributed by atoms with Gasteiger partial charge in [0, 0.05) is 30.5 Å². The Bertz CT molecular complexity index is 758. The molecule has 1 saturated carbocycles. The van der Waals surface area contributed by atoms with Crippen molar-refractivity contribution in [3.63, 3.8) is 0 Å². The van der Waals surface area contributed by atoms with Crippen molar-refractivity contribution in [3.8, 4) is 0 Å². The predicted molar refractivity (Wildman–Crippen MR) is 83.0 cm³/mol. The van der Waals surface area contributed by atoms with Crippen LogP contribution in [0.15, 0.2) is 48.8 Å². The zero-order valence-electron chi connectivity index (χ0n) is 11.7. The van der Waals surface area contributed by atoms with Crippen LogP contribution in [-0.4, -0.2) is 20.6 Å². The summed E-state index contributed by atoms with van der Waals surface area (Å²) in [5, 5.41) is 4.20. The molecule has 2 N–H and O–H groups in total. The normalized spacial score (nSPS) is 14.5. The summed E-state index contributed by atoms with van der Waals surface area (Å²) in [5.41, 5.74) is 8.70. The summed E-state index contributed by atoms with van der Waals surface area (Å²) >= 11 is 0. The largest absolute Gasteiger partial charge is 0.399 e. The SMILES string of the molecule is Nc1ccc(CN(c2ccn3nccc3n2)C2CC2)cc1. The third-order valence-corrected chi connectivity index (χ3v) is 3.86. The number of nitrogens with zero attached hydrogens (tertiary/aromatic N) is 4. The highest BCUT2D eigenvalue weighted by Gasteiger charge is 2.30. The lowest BCUT2D eigenvalue weighted by Gasteiger charge is -2.23. The summed E-state index contributed by atoms with van der Waals surface area (Å²) in [4.78, 5) is 7.09. The monoisotopic (exact) mass is 279 g/mol. The van der Waals surface area contributed by atoms with E-state index < -0.39 is 0 Å². The van der Waals surface area contributed by atoms with Crippen LogP contribution < -0.4 is 10.6 Å². The quantitative estimate of drug-likeness (QED) is 0.745. The molecule has 0 aliphatic heterocycles. The van der Waals surface area contributed by atoms with Crippen LogP contribution in [0.25, 0.3) is 5.65 Å². The Morgan fingerprint density at radius 2 is 1.95 bits per heavy atom. The van der Waals surface area contributed by atoms with Crippen molar-refractivity contribution >= 4 is 17.2 Å². The number of aromatic nitrogens is 3. The number of anilines is 2. The van der Waals surface area contributed by atoms with Crippen molar-refractivity contribution in [3.05, 3.63) is 54.4 Å².